The molecule has 24 heavy (non-hydrogen) atoms. The highest BCUT2D eigenvalue weighted by Gasteiger charge is 2.11. The summed E-state index contributed by atoms with van der Waals surface area (Å²) in [6, 6.07) is 13.6. The van der Waals surface area contributed by atoms with Gasteiger partial charge in [-0.15, -0.1) is 0 Å². The number of hydrogen-bond acceptors (Lipinski definition) is 3. The lowest BCUT2D eigenvalue weighted by molar-refractivity contribution is -0.121. The van der Waals surface area contributed by atoms with Crippen LogP contribution in [0.5, 0.6) is 11.5 Å². The molecule has 0 radical (unpaired) electrons. The number of aryl methyl sites for hydroxylation is 1. The van der Waals surface area contributed by atoms with Crippen LogP contribution in [0.25, 0.3) is 0 Å². The molecule has 0 aromatic heterocycles. The number of hydrogen-bond donors (Lipinski definition) is 1. The summed E-state index contributed by atoms with van der Waals surface area (Å²) in [5, 5.41) is 3.03. The van der Waals surface area contributed by atoms with E-state index in [1.165, 1.54) is 0 Å². The molecule has 0 spiro atoms. The zero-order valence-electron chi connectivity index (χ0n) is 14.1. The maximum atomic E-state index is 12.2. The Morgan fingerprint density at radius 2 is 1.79 bits per heavy atom. The first-order valence-corrected chi connectivity index (χ1v) is 8.58. The van der Waals surface area contributed by atoms with Crippen LogP contribution in [0.2, 0.25) is 0 Å². The van der Waals surface area contributed by atoms with Crippen LogP contribution in [-0.2, 0) is 11.2 Å². The van der Waals surface area contributed by atoms with Crippen molar-refractivity contribution in [3.05, 3.63) is 58.1 Å². The standard InChI is InChI=1S/C19H22BrNO3/c1-13(15-5-4-6-16(20)11-15)21-19(22)8-7-14-9-17(23-2)12-18(10-14)24-3/h4-6,9-13H,7-8H2,1-3H3,(H,21,22)/t13-/m0/s1. The molecule has 0 unspecified atom stereocenters. The van der Waals surface area contributed by atoms with Crippen LogP contribution in [0.15, 0.2) is 46.9 Å². The highest BCUT2D eigenvalue weighted by atomic mass is 79.9. The average Bonchev–Trinajstić information content (AvgIpc) is 2.59. The largest absolute Gasteiger partial charge is 0.497 e. The molecule has 0 fully saturated rings. The van der Waals surface area contributed by atoms with Crippen LogP contribution >= 0.6 is 15.9 Å². The summed E-state index contributed by atoms with van der Waals surface area (Å²) in [5.74, 6) is 1.48. The summed E-state index contributed by atoms with van der Waals surface area (Å²) in [7, 11) is 3.23. The lowest BCUT2D eigenvalue weighted by Crippen LogP contribution is -2.26. The van der Waals surface area contributed by atoms with E-state index in [-0.39, 0.29) is 11.9 Å². The fourth-order valence-electron chi connectivity index (χ4n) is 2.44. The molecule has 0 bridgehead atoms. The summed E-state index contributed by atoms with van der Waals surface area (Å²) in [6.45, 7) is 1.98. The number of ether oxygens (including phenoxy) is 2. The van der Waals surface area contributed by atoms with Gasteiger partial charge in [0.05, 0.1) is 20.3 Å². The van der Waals surface area contributed by atoms with Crippen LogP contribution in [-0.4, -0.2) is 20.1 Å². The van der Waals surface area contributed by atoms with Gasteiger partial charge >= 0.3 is 0 Å². The Labute approximate surface area is 151 Å². The number of rotatable bonds is 7. The maximum Gasteiger partial charge on any atom is 0.220 e. The Bertz CT molecular complexity index is 681. The monoisotopic (exact) mass is 391 g/mol. The normalized spacial score (nSPS) is 11.7. The minimum atomic E-state index is -0.0326. The van der Waals surface area contributed by atoms with Gasteiger partial charge in [-0.3, -0.25) is 4.79 Å². The Balaban J connectivity index is 1.93. The number of carbonyl (C=O) groups excluding carboxylic acids is 1. The van der Waals surface area contributed by atoms with E-state index in [0.717, 1.165) is 27.1 Å². The number of nitrogens with one attached hydrogen (secondary N) is 1. The highest BCUT2D eigenvalue weighted by molar-refractivity contribution is 9.10. The Morgan fingerprint density at radius 3 is 2.38 bits per heavy atom. The van der Waals surface area contributed by atoms with Crippen LogP contribution in [0.3, 0.4) is 0 Å². The first-order chi connectivity index (χ1) is 11.5. The molecule has 0 saturated carbocycles. The van der Waals surface area contributed by atoms with Gasteiger partial charge in [-0.2, -0.15) is 0 Å². The van der Waals surface area contributed by atoms with E-state index in [1.54, 1.807) is 14.2 Å². The van der Waals surface area contributed by atoms with E-state index in [0.29, 0.717) is 12.8 Å². The van der Waals surface area contributed by atoms with Gasteiger partial charge in [0.1, 0.15) is 11.5 Å². The third kappa shape index (κ3) is 5.27. The molecule has 0 aliphatic rings. The minimum Gasteiger partial charge on any atom is -0.497 e. The Kier molecular flexibility index (Phi) is 6.67. The quantitative estimate of drug-likeness (QED) is 0.765. The predicted octanol–water partition coefficient (Wildman–Crippen LogP) is 4.28. The van der Waals surface area contributed by atoms with Gasteiger partial charge < -0.3 is 14.8 Å². The fraction of sp³-hybridized carbons (Fsp3) is 0.316. The molecule has 2 aromatic carbocycles. The topological polar surface area (TPSA) is 47.6 Å². The number of carbonyl (C=O) groups is 1. The van der Waals surface area contributed by atoms with Crippen molar-refractivity contribution in [3.8, 4) is 11.5 Å². The van der Waals surface area contributed by atoms with Crippen LogP contribution in [0.1, 0.15) is 30.5 Å². The second-order valence-electron chi connectivity index (χ2n) is 5.57. The number of amides is 1. The van der Waals surface area contributed by atoms with Gasteiger partial charge in [0, 0.05) is 17.0 Å². The van der Waals surface area contributed by atoms with E-state index in [9.17, 15) is 4.79 Å². The molecule has 0 aliphatic heterocycles. The second-order valence-corrected chi connectivity index (χ2v) is 6.48. The third-order valence-electron chi connectivity index (χ3n) is 3.78. The fourth-order valence-corrected chi connectivity index (χ4v) is 2.86. The van der Waals surface area contributed by atoms with Gasteiger partial charge in [-0.1, -0.05) is 28.1 Å². The number of benzene rings is 2. The first kappa shape index (κ1) is 18.3. The molecular weight excluding hydrogens is 370 g/mol. The van der Waals surface area contributed by atoms with E-state index in [2.05, 4.69) is 21.2 Å². The van der Waals surface area contributed by atoms with Crippen LogP contribution in [0.4, 0.5) is 0 Å². The molecule has 0 heterocycles. The summed E-state index contributed by atoms with van der Waals surface area (Å²) in [6.07, 6.45) is 1.04. The van der Waals surface area contributed by atoms with Crippen LogP contribution < -0.4 is 14.8 Å². The van der Waals surface area contributed by atoms with Crippen molar-refractivity contribution in [2.75, 3.05) is 14.2 Å². The van der Waals surface area contributed by atoms with E-state index in [4.69, 9.17) is 9.47 Å². The molecule has 0 saturated heterocycles. The lowest BCUT2D eigenvalue weighted by atomic mass is 10.1. The molecule has 1 atom stereocenters. The average molecular weight is 392 g/mol. The SMILES string of the molecule is COc1cc(CCC(=O)N[C@@H](C)c2cccc(Br)c2)cc(OC)c1. The molecule has 1 amide bonds. The van der Waals surface area contributed by atoms with Gasteiger partial charge in [0.15, 0.2) is 0 Å². The summed E-state index contributed by atoms with van der Waals surface area (Å²) < 4.78 is 11.5. The molecule has 5 heteroatoms. The Morgan fingerprint density at radius 1 is 1.12 bits per heavy atom. The molecule has 4 nitrogen and oxygen atoms in total. The first-order valence-electron chi connectivity index (χ1n) is 7.78. The van der Waals surface area contributed by atoms with Crippen molar-refractivity contribution in [3.63, 3.8) is 0 Å². The van der Waals surface area contributed by atoms with Crippen molar-refractivity contribution < 1.29 is 14.3 Å². The van der Waals surface area contributed by atoms with Crippen molar-refractivity contribution in [2.24, 2.45) is 0 Å². The van der Waals surface area contributed by atoms with Crippen molar-refractivity contribution in [1.82, 2.24) is 5.32 Å². The van der Waals surface area contributed by atoms with E-state index in [1.807, 2.05) is 49.4 Å². The zero-order valence-corrected chi connectivity index (χ0v) is 15.7. The number of methoxy groups -OCH3 is 2. The van der Waals surface area contributed by atoms with E-state index < -0.39 is 0 Å². The lowest BCUT2D eigenvalue weighted by Gasteiger charge is -2.15. The zero-order chi connectivity index (χ0) is 17.5. The molecule has 0 aliphatic carbocycles. The predicted molar refractivity (Wildman–Crippen MR) is 98.6 cm³/mol. The third-order valence-corrected chi connectivity index (χ3v) is 4.27. The molecule has 1 N–H and O–H groups in total. The van der Waals surface area contributed by atoms with Gasteiger partial charge in [-0.05, 0) is 48.7 Å². The Hall–Kier alpha value is -2.01. The molecular formula is C19H22BrNO3. The smallest absolute Gasteiger partial charge is 0.220 e. The maximum absolute atomic E-state index is 12.2. The molecule has 2 rings (SSSR count). The summed E-state index contributed by atoms with van der Waals surface area (Å²) in [4.78, 5) is 12.2. The summed E-state index contributed by atoms with van der Waals surface area (Å²) >= 11 is 3.45. The molecule has 2 aromatic rings. The van der Waals surface area contributed by atoms with Gasteiger partial charge in [-0.25, -0.2) is 0 Å². The van der Waals surface area contributed by atoms with Gasteiger partial charge in [0.2, 0.25) is 5.91 Å². The molecule has 128 valence electrons. The minimum absolute atomic E-state index is 0.0178. The van der Waals surface area contributed by atoms with Crippen molar-refractivity contribution in [1.29, 1.82) is 0 Å². The van der Waals surface area contributed by atoms with Crippen molar-refractivity contribution >= 4 is 21.8 Å². The summed E-state index contributed by atoms with van der Waals surface area (Å²) in [5.41, 5.74) is 2.08. The van der Waals surface area contributed by atoms with Gasteiger partial charge in [0.25, 0.3) is 0 Å². The van der Waals surface area contributed by atoms with Crippen molar-refractivity contribution in [2.45, 2.75) is 25.8 Å². The second kappa shape index (κ2) is 8.73. The van der Waals surface area contributed by atoms with E-state index >= 15 is 0 Å². The highest BCUT2D eigenvalue weighted by Crippen LogP contribution is 2.23. The number of halogens is 1. The van der Waals surface area contributed by atoms with Crippen LogP contribution in [0, 0.1) is 0 Å².